The van der Waals surface area contributed by atoms with Crippen LogP contribution >= 0.6 is 0 Å². The second-order valence-corrected chi connectivity index (χ2v) is 3.62. The first-order valence-electron chi connectivity index (χ1n) is 6.29. The lowest BCUT2D eigenvalue weighted by atomic mass is 10.4. The van der Waals surface area contributed by atoms with Crippen LogP contribution in [0.5, 0.6) is 0 Å². The van der Waals surface area contributed by atoms with E-state index in [2.05, 4.69) is 14.9 Å². The highest BCUT2D eigenvalue weighted by Crippen LogP contribution is 2.04. The second-order valence-electron chi connectivity index (χ2n) is 3.62. The van der Waals surface area contributed by atoms with E-state index in [4.69, 9.17) is 9.47 Å². The Morgan fingerprint density at radius 2 is 2.00 bits per heavy atom. The van der Waals surface area contributed by atoms with Gasteiger partial charge in [0.15, 0.2) is 0 Å². The van der Waals surface area contributed by atoms with Crippen LogP contribution in [0, 0.1) is 0 Å². The fourth-order valence-electron chi connectivity index (χ4n) is 1.48. The molecule has 0 aliphatic rings. The van der Waals surface area contributed by atoms with E-state index in [-0.39, 0.29) is 0 Å². The fraction of sp³-hybridized carbons (Fsp3) is 0.750. The van der Waals surface area contributed by atoms with Crippen molar-refractivity contribution in [1.29, 1.82) is 0 Å². The molecular formula is C12H23N3O2. The Bertz CT molecular complexity index is 289. The summed E-state index contributed by atoms with van der Waals surface area (Å²) in [6.45, 7) is 8.78. The second kappa shape index (κ2) is 9.01. The van der Waals surface area contributed by atoms with E-state index in [0.29, 0.717) is 0 Å². The zero-order valence-electron chi connectivity index (χ0n) is 10.8. The number of hydrogen-bond donors (Lipinski definition) is 1. The van der Waals surface area contributed by atoms with E-state index in [9.17, 15) is 0 Å². The Morgan fingerprint density at radius 3 is 2.76 bits per heavy atom. The number of anilines is 1. The lowest BCUT2D eigenvalue weighted by Crippen LogP contribution is -2.12. The van der Waals surface area contributed by atoms with Gasteiger partial charge in [-0.15, -0.1) is 0 Å². The number of ether oxygens (including phenoxy) is 2. The largest absolute Gasteiger partial charge is 0.382 e. The van der Waals surface area contributed by atoms with Gasteiger partial charge in [-0.05, 0) is 20.3 Å². The minimum Gasteiger partial charge on any atom is -0.382 e. The van der Waals surface area contributed by atoms with Crippen LogP contribution < -0.4 is 5.32 Å². The summed E-state index contributed by atoms with van der Waals surface area (Å²) in [5.74, 6) is 0.904. The lowest BCUT2D eigenvalue weighted by Gasteiger charge is -2.09. The highest BCUT2D eigenvalue weighted by atomic mass is 16.5. The van der Waals surface area contributed by atoms with Crippen molar-refractivity contribution in [1.82, 2.24) is 9.55 Å². The summed E-state index contributed by atoms with van der Waals surface area (Å²) in [6, 6.07) is 0. The first-order valence-corrected chi connectivity index (χ1v) is 6.29. The molecule has 17 heavy (non-hydrogen) atoms. The van der Waals surface area contributed by atoms with E-state index in [1.54, 1.807) is 6.20 Å². The maximum absolute atomic E-state index is 5.32. The number of nitrogens with one attached hydrogen (secondary N) is 1. The lowest BCUT2D eigenvalue weighted by molar-refractivity contribution is 0.139. The summed E-state index contributed by atoms with van der Waals surface area (Å²) in [5.41, 5.74) is 0. The molecule has 0 aromatic carbocycles. The topological polar surface area (TPSA) is 48.3 Å². The van der Waals surface area contributed by atoms with E-state index in [0.717, 1.165) is 51.9 Å². The molecule has 0 bridgehead atoms. The molecule has 0 aliphatic carbocycles. The van der Waals surface area contributed by atoms with Crippen LogP contribution in [-0.2, 0) is 16.0 Å². The zero-order valence-corrected chi connectivity index (χ0v) is 10.8. The Kier molecular flexibility index (Phi) is 7.42. The summed E-state index contributed by atoms with van der Waals surface area (Å²) in [5, 5.41) is 3.30. The van der Waals surface area contributed by atoms with Gasteiger partial charge in [0.25, 0.3) is 0 Å². The van der Waals surface area contributed by atoms with E-state index < -0.39 is 0 Å². The van der Waals surface area contributed by atoms with Gasteiger partial charge >= 0.3 is 0 Å². The van der Waals surface area contributed by atoms with Crippen LogP contribution in [0.15, 0.2) is 12.4 Å². The van der Waals surface area contributed by atoms with Crippen molar-refractivity contribution >= 4 is 5.95 Å². The first kappa shape index (κ1) is 14.0. The van der Waals surface area contributed by atoms with Crippen molar-refractivity contribution in [2.75, 3.05) is 38.3 Å². The molecule has 0 radical (unpaired) electrons. The van der Waals surface area contributed by atoms with Crippen molar-refractivity contribution in [2.45, 2.75) is 26.8 Å². The van der Waals surface area contributed by atoms with Gasteiger partial charge in [0.1, 0.15) is 0 Å². The molecule has 1 N–H and O–H groups in total. The summed E-state index contributed by atoms with van der Waals surface area (Å²) >= 11 is 0. The normalized spacial score (nSPS) is 10.7. The monoisotopic (exact) mass is 241 g/mol. The van der Waals surface area contributed by atoms with Crippen molar-refractivity contribution in [3.63, 3.8) is 0 Å². The molecule has 0 fully saturated rings. The third-order valence-corrected chi connectivity index (χ3v) is 2.35. The van der Waals surface area contributed by atoms with Gasteiger partial charge in [-0.25, -0.2) is 4.98 Å². The van der Waals surface area contributed by atoms with Gasteiger partial charge in [-0.1, -0.05) is 0 Å². The molecule has 98 valence electrons. The van der Waals surface area contributed by atoms with Gasteiger partial charge < -0.3 is 19.4 Å². The highest BCUT2D eigenvalue weighted by Gasteiger charge is 2.01. The molecule has 0 spiro atoms. The number of nitrogens with zero attached hydrogens (tertiary/aromatic N) is 2. The first-order chi connectivity index (χ1) is 8.38. The smallest absolute Gasteiger partial charge is 0.202 e. The Morgan fingerprint density at radius 1 is 1.24 bits per heavy atom. The maximum atomic E-state index is 5.32. The molecule has 0 unspecified atom stereocenters. The predicted molar refractivity (Wildman–Crippen MR) is 68.3 cm³/mol. The van der Waals surface area contributed by atoms with Gasteiger partial charge in [-0.3, -0.25) is 0 Å². The number of rotatable bonds is 10. The molecule has 0 atom stereocenters. The molecule has 0 amide bonds. The molecule has 5 heteroatoms. The van der Waals surface area contributed by atoms with Crippen LogP contribution in [0.1, 0.15) is 20.3 Å². The van der Waals surface area contributed by atoms with Gasteiger partial charge in [0.05, 0.1) is 6.61 Å². The zero-order chi connectivity index (χ0) is 12.3. The van der Waals surface area contributed by atoms with Gasteiger partial charge in [0, 0.05) is 45.3 Å². The van der Waals surface area contributed by atoms with Crippen molar-refractivity contribution < 1.29 is 9.47 Å². The van der Waals surface area contributed by atoms with Crippen LogP contribution in [0.3, 0.4) is 0 Å². The summed E-state index contributed by atoms with van der Waals surface area (Å²) < 4.78 is 12.7. The third kappa shape index (κ3) is 5.70. The van der Waals surface area contributed by atoms with Gasteiger partial charge in [-0.2, -0.15) is 0 Å². The molecular weight excluding hydrogens is 218 g/mol. The third-order valence-electron chi connectivity index (χ3n) is 2.35. The molecule has 1 aromatic heterocycles. The quantitative estimate of drug-likeness (QED) is 0.634. The van der Waals surface area contributed by atoms with E-state index in [1.165, 1.54) is 0 Å². The summed E-state index contributed by atoms with van der Waals surface area (Å²) in [4.78, 5) is 4.27. The molecule has 1 rings (SSSR count). The summed E-state index contributed by atoms with van der Waals surface area (Å²) in [7, 11) is 0. The number of hydrogen-bond acceptors (Lipinski definition) is 4. The molecule has 0 saturated carbocycles. The highest BCUT2D eigenvalue weighted by molar-refractivity contribution is 5.25. The van der Waals surface area contributed by atoms with Crippen molar-refractivity contribution in [3.05, 3.63) is 12.4 Å². The average Bonchev–Trinajstić information content (AvgIpc) is 2.77. The SMILES string of the molecule is CCOCCCNc1nccn1CCOCC. The number of imidazole rings is 1. The number of aromatic nitrogens is 2. The standard InChI is InChI=1S/C12H23N3O2/c1-3-16-10-5-6-13-12-14-7-8-15(12)9-11-17-4-2/h7-8H,3-6,9-11H2,1-2H3,(H,13,14). The van der Waals surface area contributed by atoms with Crippen LogP contribution in [-0.4, -0.2) is 42.5 Å². The van der Waals surface area contributed by atoms with E-state index in [1.807, 2.05) is 20.0 Å². The van der Waals surface area contributed by atoms with Crippen LogP contribution in [0.4, 0.5) is 5.95 Å². The van der Waals surface area contributed by atoms with Crippen LogP contribution in [0.2, 0.25) is 0 Å². The van der Waals surface area contributed by atoms with Gasteiger partial charge in [0.2, 0.25) is 5.95 Å². The molecule has 0 saturated heterocycles. The van der Waals surface area contributed by atoms with E-state index >= 15 is 0 Å². The maximum Gasteiger partial charge on any atom is 0.202 e. The molecule has 0 aliphatic heterocycles. The molecule has 5 nitrogen and oxygen atoms in total. The average molecular weight is 241 g/mol. The fourth-order valence-corrected chi connectivity index (χ4v) is 1.48. The van der Waals surface area contributed by atoms with Crippen molar-refractivity contribution in [3.8, 4) is 0 Å². The summed E-state index contributed by atoms with van der Waals surface area (Å²) in [6.07, 6.45) is 4.76. The minimum atomic E-state index is 0.723. The van der Waals surface area contributed by atoms with Crippen molar-refractivity contribution in [2.24, 2.45) is 0 Å². The molecule has 1 heterocycles. The predicted octanol–water partition coefficient (Wildman–Crippen LogP) is 1.76. The molecule has 1 aromatic rings. The van der Waals surface area contributed by atoms with Crippen LogP contribution in [0.25, 0.3) is 0 Å². The minimum absolute atomic E-state index is 0.723. The Balaban J connectivity index is 2.20. The Labute approximate surface area is 103 Å². The Hall–Kier alpha value is -1.07.